The van der Waals surface area contributed by atoms with Gasteiger partial charge < -0.3 is 10.3 Å². The molecule has 0 fully saturated rings. The summed E-state index contributed by atoms with van der Waals surface area (Å²) in [6, 6.07) is 8.90. The van der Waals surface area contributed by atoms with Crippen LogP contribution in [0, 0.1) is 0 Å². The standard InChI is InChI=1S/C16H19N3S/c1-11(2)19-15-4-3-12(9-17)7-14(15)18-16(19)8-13-5-6-20-10-13/h3-7,10-11H,8-9,17H2,1-2H3. The molecule has 20 heavy (non-hydrogen) atoms. The van der Waals surface area contributed by atoms with Gasteiger partial charge in [-0.05, 0) is 53.9 Å². The summed E-state index contributed by atoms with van der Waals surface area (Å²) in [7, 11) is 0. The lowest BCUT2D eigenvalue weighted by Gasteiger charge is -2.12. The highest BCUT2D eigenvalue weighted by Crippen LogP contribution is 2.24. The van der Waals surface area contributed by atoms with Crippen LogP contribution in [0.3, 0.4) is 0 Å². The second-order valence-corrected chi connectivity index (χ2v) is 6.11. The minimum Gasteiger partial charge on any atom is -0.326 e. The van der Waals surface area contributed by atoms with Gasteiger partial charge in [-0.1, -0.05) is 6.07 Å². The van der Waals surface area contributed by atoms with Crippen LogP contribution in [0.25, 0.3) is 11.0 Å². The second-order valence-electron chi connectivity index (χ2n) is 5.33. The lowest BCUT2D eigenvalue weighted by Crippen LogP contribution is -2.06. The van der Waals surface area contributed by atoms with Crippen molar-refractivity contribution in [2.24, 2.45) is 5.73 Å². The van der Waals surface area contributed by atoms with Gasteiger partial charge in [0.15, 0.2) is 0 Å². The number of benzene rings is 1. The van der Waals surface area contributed by atoms with E-state index in [2.05, 4.69) is 53.4 Å². The maximum absolute atomic E-state index is 5.72. The van der Waals surface area contributed by atoms with Crippen molar-refractivity contribution in [1.29, 1.82) is 0 Å². The first-order chi connectivity index (χ1) is 9.69. The fourth-order valence-electron chi connectivity index (χ4n) is 2.60. The Morgan fingerprint density at radius 3 is 2.75 bits per heavy atom. The highest BCUT2D eigenvalue weighted by molar-refractivity contribution is 7.07. The predicted octanol–water partition coefficient (Wildman–Crippen LogP) is 3.73. The zero-order valence-corrected chi connectivity index (χ0v) is 12.7. The number of thiophene rings is 1. The average molecular weight is 285 g/mol. The second kappa shape index (κ2) is 5.38. The van der Waals surface area contributed by atoms with Gasteiger partial charge in [-0.25, -0.2) is 4.98 Å². The number of rotatable bonds is 4. The molecular formula is C16H19N3S. The van der Waals surface area contributed by atoms with Crippen molar-refractivity contribution in [3.63, 3.8) is 0 Å². The van der Waals surface area contributed by atoms with E-state index in [0.29, 0.717) is 12.6 Å². The number of hydrogen-bond acceptors (Lipinski definition) is 3. The molecule has 0 amide bonds. The van der Waals surface area contributed by atoms with Gasteiger partial charge in [0, 0.05) is 19.0 Å². The van der Waals surface area contributed by atoms with Crippen LogP contribution in [0.5, 0.6) is 0 Å². The molecule has 2 aromatic heterocycles. The monoisotopic (exact) mass is 285 g/mol. The fourth-order valence-corrected chi connectivity index (χ4v) is 3.27. The van der Waals surface area contributed by atoms with Crippen molar-refractivity contribution in [2.45, 2.75) is 32.9 Å². The molecule has 0 spiro atoms. The largest absolute Gasteiger partial charge is 0.326 e. The highest BCUT2D eigenvalue weighted by atomic mass is 32.1. The molecule has 3 rings (SSSR count). The lowest BCUT2D eigenvalue weighted by atomic mass is 10.2. The molecule has 0 saturated heterocycles. The summed E-state index contributed by atoms with van der Waals surface area (Å²) in [5, 5.41) is 4.31. The molecule has 4 heteroatoms. The first kappa shape index (κ1) is 13.3. The third-order valence-electron chi connectivity index (χ3n) is 3.52. The summed E-state index contributed by atoms with van der Waals surface area (Å²) in [4.78, 5) is 4.83. The third kappa shape index (κ3) is 2.37. The Morgan fingerprint density at radius 1 is 1.25 bits per heavy atom. The van der Waals surface area contributed by atoms with Gasteiger partial charge in [-0.3, -0.25) is 0 Å². The normalized spacial score (nSPS) is 11.6. The van der Waals surface area contributed by atoms with Crippen LogP contribution in [0.4, 0.5) is 0 Å². The Labute approximate surface area is 123 Å². The van der Waals surface area contributed by atoms with Crippen LogP contribution in [0.2, 0.25) is 0 Å². The van der Waals surface area contributed by atoms with E-state index in [4.69, 9.17) is 10.7 Å². The van der Waals surface area contributed by atoms with E-state index in [1.54, 1.807) is 11.3 Å². The Kier molecular flexibility index (Phi) is 3.59. The van der Waals surface area contributed by atoms with Gasteiger partial charge in [0.2, 0.25) is 0 Å². The fraction of sp³-hybridized carbons (Fsp3) is 0.312. The smallest absolute Gasteiger partial charge is 0.114 e. The summed E-state index contributed by atoms with van der Waals surface area (Å²) < 4.78 is 2.33. The van der Waals surface area contributed by atoms with Crippen molar-refractivity contribution in [2.75, 3.05) is 0 Å². The van der Waals surface area contributed by atoms with Gasteiger partial charge >= 0.3 is 0 Å². The molecule has 104 valence electrons. The van der Waals surface area contributed by atoms with Crippen LogP contribution in [0.15, 0.2) is 35.0 Å². The van der Waals surface area contributed by atoms with Crippen LogP contribution >= 0.6 is 11.3 Å². The summed E-state index contributed by atoms with van der Waals surface area (Å²) in [5.74, 6) is 1.13. The molecular weight excluding hydrogens is 266 g/mol. The molecule has 0 radical (unpaired) electrons. The molecule has 0 unspecified atom stereocenters. The quantitative estimate of drug-likeness (QED) is 0.794. The van der Waals surface area contributed by atoms with E-state index < -0.39 is 0 Å². The SMILES string of the molecule is CC(C)n1c(Cc2ccsc2)nc2cc(CN)ccc21. The molecule has 0 saturated carbocycles. The van der Waals surface area contributed by atoms with Crippen LogP contribution in [-0.4, -0.2) is 9.55 Å². The molecule has 1 aromatic carbocycles. The van der Waals surface area contributed by atoms with Crippen molar-refractivity contribution >= 4 is 22.4 Å². The summed E-state index contributed by atoms with van der Waals surface area (Å²) in [6.07, 6.45) is 0.883. The van der Waals surface area contributed by atoms with Crippen LogP contribution in [-0.2, 0) is 13.0 Å². The zero-order chi connectivity index (χ0) is 14.1. The Balaban J connectivity index is 2.12. The minimum atomic E-state index is 0.400. The van der Waals surface area contributed by atoms with Crippen molar-refractivity contribution in [3.8, 4) is 0 Å². The molecule has 0 bridgehead atoms. The molecule has 3 nitrogen and oxygen atoms in total. The molecule has 2 N–H and O–H groups in total. The number of nitrogens with two attached hydrogens (primary N) is 1. The molecule has 0 aliphatic heterocycles. The summed E-state index contributed by atoms with van der Waals surface area (Å²) >= 11 is 1.73. The molecule has 0 atom stereocenters. The number of aromatic nitrogens is 2. The Bertz CT molecular complexity index is 711. The molecule has 2 heterocycles. The number of fused-ring (bicyclic) bond motifs is 1. The first-order valence-corrected chi connectivity index (χ1v) is 7.84. The van der Waals surface area contributed by atoms with Gasteiger partial charge in [0.1, 0.15) is 5.82 Å². The first-order valence-electron chi connectivity index (χ1n) is 6.90. The minimum absolute atomic E-state index is 0.400. The molecule has 0 aliphatic carbocycles. The van der Waals surface area contributed by atoms with Crippen LogP contribution < -0.4 is 5.73 Å². The maximum Gasteiger partial charge on any atom is 0.114 e. The van der Waals surface area contributed by atoms with Crippen molar-refractivity contribution in [1.82, 2.24) is 9.55 Å². The van der Waals surface area contributed by atoms with Gasteiger partial charge in [-0.2, -0.15) is 11.3 Å². The summed E-state index contributed by atoms with van der Waals surface area (Å²) in [5.41, 5.74) is 10.4. The van der Waals surface area contributed by atoms with Gasteiger partial charge in [-0.15, -0.1) is 0 Å². The van der Waals surface area contributed by atoms with E-state index >= 15 is 0 Å². The van der Waals surface area contributed by atoms with Crippen LogP contribution in [0.1, 0.15) is 36.8 Å². The topological polar surface area (TPSA) is 43.8 Å². The summed E-state index contributed by atoms with van der Waals surface area (Å²) in [6.45, 7) is 4.97. The van der Waals surface area contributed by atoms with Crippen molar-refractivity contribution < 1.29 is 0 Å². The third-order valence-corrected chi connectivity index (χ3v) is 4.25. The highest BCUT2D eigenvalue weighted by Gasteiger charge is 2.14. The Hall–Kier alpha value is -1.65. The van der Waals surface area contributed by atoms with Gasteiger partial charge in [0.25, 0.3) is 0 Å². The average Bonchev–Trinajstić information content (AvgIpc) is 3.04. The molecule has 0 aliphatic rings. The van der Waals surface area contributed by atoms with E-state index in [9.17, 15) is 0 Å². The van der Waals surface area contributed by atoms with E-state index in [0.717, 1.165) is 23.3 Å². The number of nitrogens with zero attached hydrogens (tertiary/aromatic N) is 2. The maximum atomic E-state index is 5.72. The van der Waals surface area contributed by atoms with Crippen molar-refractivity contribution in [3.05, 3.63) is 52.0 Å². The Morgan fingerprint density at radius 2 is 2.10 bits per heavy atom. The molecule has 3 aromatic rings. The predicted molar refractivity (Wildman–Crippen MR) is 85.1 cm³/mol. The number of imidazole rings is 1. The zero-order valence-electron chi connectivity index (χ0n) is 11.8. The number of hydrogen-bond donors (Lipinski definition) is 1. The van der Waals surface area contributed by atoms with E-state index in [-0.39, 0.29) is 0 Å². The van der Waals surface area contributed by atoms with E-state index in [1.165, 1.54) is 11.1 Å². The lowest BCUT2D eigenvalue weighted by molar-refractivity contribution is 0.591. The van der Waals surface area contributed by atoms with Gasteiger partial charge in [0.05, 0.1) is 11.0 Å². The van der Waals surface area contributed by atoms with E-state index in [1.807, 2.05) is 0 Å².